The molecule has 4 bridgehead atoms. The molecule has 8 heteroatoms. The molecule has 198 valence electrons. The predicted octanol–water partition coefficient (Wildman–Crippen LogP) is 5.75. The molecule has 1 aliphatic heterocycles. The number of hydrogen-bond donors (Lipinski definition) is 3. The number of imide groups is 1. The molecule has 5 aliphatic carbocycles. The lowest BCUT2D eigenvalue weighted by molar-refractivity contribution is -0.115. The van der Waals surface area contributed by atoms with E-state index in [-0.39, 0.29) is 34.9 Å². The van der Waals surface area contributed by atoms with Crippen LogP contribution in [0, 0.1) is 16.7 Å². The van der Waals surface area contributed by atoms with Crippen LogP contribution in [0.3, 0.4) is 0 Å². The van der Waals surface area contributed by atoms with Gasteiger partial charge in [-0.3, -0.25) is 14.9 Å². The van der Waals surface area contributed by atoms with Crippen molar-refractivity contribution >= 4 is 35.0 Å². The first-order valence-corrected chi connectivity index (χ1v) is 14.5. The van der Waals surface area contributed by atoms with Gasteiger partial charge in [0.15, 0.2) is 0 Å². The summed E-state index contributed by atoms with van der Waals surface area (Å²) >= 11 is 0.916. The van der Waals surface area contributed by atoms with Crippen LogP contribution < -0.4 is 20.7 Å². The van der Waals surface area contributed by atoms with Gasteiger partial charge < -0.3 is 15.4 Å². The molecule has 0 aromatic heterocycles. The molecule has 1 aromatic carbocycles. The minimum Gasteiger partial charge on any atom is -0.490 e. The van der Waals surface area contributed by atoms with Crippen LogP contribution in [0.15, 0.2) is 29.2 Å². The Morgan fingerprint density at radius 1 is 1.00 bits per heavy atom. The van der Waals surface area contributed by atoms with E-state index in [0.717, 1.165) is 73.9 Å². The molecule has 3 N–H and O–H groups in total. The predicted molar refractivity (Wildman–Crippen MR) is 144 cm³/mol. The van der Waals surface area contributed by atoms with E-state index in [1.807, 2.05) is 24.3 Å². The van der Waals surface area contributed by atoms with Crippen LogP contribution in [-0.2, 0) is 4.79 Å². The highest BCUT2D eigenvalue weighted by Crippen LogP contribution is 2.66. The summed E-state index contributed by atoms with van der Waals surface area (Å²) in [6.07, 6.45) is 12.8. The molecule has 0 radical (unpaired) electrons. The molecule has 7 nitrogen and oxygen atoms in total. The Labute approximate surface area is 222 Å². The minimum atomic E-state index is -0.351. The van der Waals surface area contributed by atoms with Crippen molar-refractivity contribution in [1.29, 1.82) is 0 Å². The zero-order valence-electron chi connectivity index (χ0n) is 21.7. The van der Waals surface area contributed by atoms with Gasteiger partial charge in [-0.2, -0.15) is 0 Å². The average molecular weight is 524 g/mol. The molecule has 4 atom stereocenters. The molecule has 1 aromatic rings. The van der Waals surface area contributed by atoms with E-state index in [4.69, 9.17) is 4.74 Å². The maximum absolute atomic E-state index is 13.1. The SMILES string of the molecule is C[C@]12CC3CC(NC(=O)NC4CCC(Oc5ccc(/C=C6/SC(=O)NC6=O)cc5)CC4)(C1)C[C@@](C)(C3)C2. The molecule has 2 unspecified atom stereocenters. The van der Waals surface area contributed by atoms with Crippen LogP contribution in [0.5, 0.6) is 5.75 Å². The molecular weight excluding hydrogens is 486 g/mol. The second kappa shape index (κ2) is 9.07. The molecule has 0 spiro atoms. The van der Waals surface area contributed by atoms with Gasteiger partial charge in [0.2, 0.25) is 0 Å². The van der Waals surface area contributed by atoms with Crippen molar-refractivity contribution < 1.29 is 19.1 Å². The molecule has 6 aliphatic rings. The summed E-state index contributed by atoms with van der Waals surface area (Å²) in [6.45, 7) is 4.87. The third kappa shape index (κ3) is 5.27. The Bertz CT molecular complexity index is 1120. The highest BCUT2D eigenvalue weighted by atomic mass is 32.2. The van der Waals surface area contributed by atoms with Gasteiger partial charge in [-0.15, -0.1) is 0 Å². The van der Waals surface area contributed by atoms with E-state index >= 15 is 0 Å². The standard InChI is InChI=1S/C29H37N3O4S/c1-27-12-19-13-28(2,15-27)17-29(14-19,16-27)32-25(34)30-20-5-9-22(10-6-20)36-21-7-3-18(4-8-21)11-23-24(33)31-26(35)37-23/h3-4,7-8,11,19-20,22H,5-6,9-10,12-17H2,1-2H3,(H2,30,32,34)(H,31,33,35)/b23-11+/t19?,20?,22?,27-,28+,29?. The van der Waals surface area contributed by atoms with Gasteiger partial charge in [0, 0.05) is 11.6 Å². The summed E-state index contributed by atoms with van der Waals surface area (Å²) in [6, 6.07) is 7.78. The van der Waals surface area contributed by atoms with Crippen LogP contribution in [0.1, 0.15) is 83.6 Å². The topological polar surface area (TPSA) is 96.5 Å². The van der Waals surface area contributed by atoms with Crippen LogP contribution >= 0.6 is 11.8 Å². The van der Waals surface area contributed by atoms with Gasteiger partial charge in [-0.05, 0) is 116 Å². The maximum Gasteiger partial charge on any atom is 0.315 e. The fraction of sp³-hybridized carbons (Fsp3) is 0.621. The van der Waals surface area contributed by atoms with E-state index in [2.05, 4.69) is 29.8 Å². The zero-order chi connectivity index (χ0) is 25.8. The summed E-state index contributed by atoms with van der Waals surface area (Å²) in [5.41, 5.74) is 1.59. The molecule has 1 heterocycles. The number of amides is 4. The first kappa shape index (κ1) is 24.8. The van der Waals surface area contributed by atoms with Crippen molar-refractivity contribution in [2.75, 3.05) is 0 Å². The minimum absolute atomic E-state index is 0.0130. The van der Waals surface area contributed by atoms with Crippen molar-refractivity contribution in [1.82, 2.24) is 16.0 Å². The van der Waals surface area contributed by atoms with E-state index in [0.29, 0.717) is 15.7 Å². The lowest BCUT2D eigenvalue weighted by Crippen LogP contribution is -2.66. The fourth-order valence-corrected chi connectivity index (χ4v) is 9.46. The van der Waals surface area contributed by atoms with Gasteiger partial charge >= 0.3 is 6.03 Å². The first-order chi connectivity index (χ1) is 17.6. The van der Waals surface area contributed by atoms with Crippen LogP contribution in [0.2, 0.25) is 0 Å². The number of carbonyl (C=O) groups is 3. The number of nitrogens with one attached hydrogen (secondary N) is 3. The number of ether oxygens (including phenoxy) is 1. The number of benzene rings is 1. The second-order valence-corrected chi connectivity index (χ2v) is 14.0. The molecule has 7 rings (SSSR count). The molecule has 6 fully saturated rings. The van der Waals surface area contributed by atoms with Gasteiger partial charge in [0.25, 0.3) is 11.1 Å². The van der Waals surface area contributed by atoms with Crippen LogP contribution in [0.25, 0.3) is 6.08 Å². The van der Waals surface area contributed by atoms with Crippen molar-refractivity contribution in [3.8, 4) is 5.75 Å². The first-order valence-electron chi connectivity index (χ1n) is 13.7. The van der Waals surface area contributed by atoms with Gasteiger partial charge in [-0.1, -0.05) is 26.0 Å². The average Bonchev–Trinajstić information content (AvgIpc) is 3.10. The number of urea groups is 1. The molecular formula is C29H37N3O4S. The third-order valence-electron chi connectivity index (χ3n) is 9.14. The van der Waals surface area contributed by atoms with E-state index in [1.165, 1.54) is 19.3 Å². The lowest BCUT2D eigenvalue weighted by atomic mass is 9.43. The Hall–Kier alpha value is -2.48. The number of hydrogen-bond acceptors (Lipinski definition) is 5. The monoisotopic (exact) mass is 523 g/mol. The maximum atomic E-state index is 13.1. The summed E-state index contributed by atoms with van der Waals surface area (Å²) in [7, 11) is 0. The number of thioether (sulfide) groups is 1. The number of carbonyl (C=O) groups excluding carboxylic acids is 3. The smallest absolute Gasteiger partial charge is 0.315 e. The molecule has 4 amide bonds. The third-order valence-corrected chi connectivity index (χ3v) is 9.95. The second-order valence-electron chi connectivity index (χ2n) is 13.0. The van der Waals surface area contributed by atoms with Crippen molar-refractivity contribution in [3.63, 3.8) is 0 Å². The normalized spacial score (nSPS) is 39.5. The van der Waals surface area contributed by atoms with Crippen LogP contribution in [0.4, 0.5) is 9.59 Å². The van der Waals surface area contributed by atoms with E-state index < -0.39 is 0 Å². The Balaban J connectivity index is 0.976. The van der Waals surface area contributed by atoms with Gasteiger partial charge in [-0.25, -0.2) is 4.79 Å². The molecule has 37 heavy (non-hydrogen) atoms. The van der Waals surface area contributed by atoms with E-state index in [1.54, 1.807) is 6.08 Å². The summed E-state index contributed by atoms with van der Waals surface area (Å²) in [5, 5.41) is 8.69. The zero-order valence-corrected chi connectivity index (χ0v) is 22.5. The van der Waals surface area contributed by atoms with Crippen molar-refractivity contribution in [3.05, 3.63) is 34.7 Å². The van der Waals surface area contributed by atoms with Gasteiger partial charge in [0.1, 0.15) is 5.75 Å². The largest absolute Gasteiger partial charge is 0.490 e. The molecule has 5 saturated carbocycles. The Morgan fingerprint density at radius 2 is 1.68 bits per heavy atom. The quantitative estimate of drug-likeness (QED) is 0.427. The van der Waals surface area contributed by atoms with E-state index in [9.17, 15) is 14.4 Å². The van der Waals surface area contributed by atoms with Gasteiger partial charge in [0.05, 0.1) is 11.0 Å². The summed E-state index contributed by atoms with van der Waals surface area (Å²) in [5.74, 6) is 1.20. The van der Waals surface area contributed by atoms with Crippen molar-refractivity contribution in [2.45, 2.75) is 95.7 Å². The Morgan fingerprint density at radius 3 is 2.27 bits per heavy atom. The summed E-state index contributed by atoms with van der Waals surface area (Å²) in [4.78, 5) is 36.5. The highest BCUT2D eigenvalue weighted by Gasteiger charge is 2.60. The van der Waals surface area contributed by atoms with Crippen molar-refractivity contribution in [2.24, 2.45) is 16.7 Å². The lowest BCUT2D eigenvalue weighted by Gasteiger charge is -2.65. The summed E-state index contributed by atoms with van der Waals surface area (Å²) < 4.78 is 6.20. The van der Waals surface area contributed by atoms with Crippen LogP contribution in [-0.4, -0.2) is 34.9 Å². The Kier molecular flexibility index (Phi) is 6.09. The molecule has 1 saturated heterocycles. The number of rotatable bonds is 5. The fourth-order valence-electron chi connectivity index (χ4n) is 8.78. The highest BCUT2D eigenvalue weighted by molar-refractivity contribution is 8.18.